The minimum atomic E-state index is -0.306. The maximum absolute atomic E-state index is 12.9. The van der Waals surface area contributed by atoms with Gasteiger partial charge in [-0.25, -0.2) is 9.37 Å². The Labute approximate surface area is 154 Å². The highest BCUT2D eigenvalue weighted by Gasteiger charge is 2.11. The summed E-state index contributed by atoms with van der Waals surface area (Å²) in [6.07, 6.45) is 0.486. The van der Waals surface area contributed by atoms with Gasteiger partial charge in [0.05, 0.1) is 17.5 Å². The Morgan fingerprint density at radius 1 is 1.15 bits per heavy atom. The third-order valence-corrected chi connectivity index (χ3v) is 4.70. The lowest BCUT2D eigenvalue weighted by molar-refractivity contribution is 0.276. The number of aliphatic hydroxyl groups excluding tert-OH is 1. The number of para-hydroxylation sites is 1. The van der Waals surface area contributed by atoms with Crippen molar-refractivity contribution < 1.29 is 14.2 Å². The van der Waals surface area contributed by atoms with Gasteiger partial charge in [0.2, 0.25) is 0 Å². The third-order valence-electron chi connectivity index (χ3n) is 3.76. The first-order chi connectivity index (χ1) is 12.7. The maximum Gasteiger partial charge on any atom is 0.262 e. The second kappa shape index (κ2) is 8.82. The minimum Gasteiger partial charge on any atom is -0.493 e. The topological polar surface area (TPSA) is 64.3 Å². The molecule has 0 spiro atoms. The second-order valence-electron chi connectivity index (χ2n) is 5.60. The number of aromatic nitrogens is 2. The summed E-state index contributed by atoms with van der Waals surface area (Å²) in [7, 11) is 0. The Morgan fingerprint density at radius 2 is 1.92 bits per heavy atom. The van der Waals surface area contributed by atoms with Gasteiger partial charge < -0.3 is 9.84 Å². The van der Waals surface area contributed by atoms with E-state index in [1.54, 1.807) is 22.8 Å². The summed E-state index contributed by atoms with van der Waals surface area (Å²) in [5.74, 6) is 0.873. The molecule has 26 heavy (non-hydrogen) atoms. The smallest absolute Gasteiger partial charge is 0.262 e. The molecule has 3 rings (SSSR count). The number of rotatable bonds is 8. The molecule has 0 amide bonds. The fourth-order valence-corrected chi connectivity index (χ4v) is 3.35. The number of fused-ring (bicyclic) bond motifs is 1. The fraction of sp³-hybridized carbons (Fsp3) is 0.263. The van der Waals surface area contributed by atoms with E-state index in [4.69, 9.17) is 9.84 Å². The number of aliphatic hydroxyl groups is 1. The van der Waals surface area contributed by atoms with Gasteiger partial charge in [0.1, 0.15) is 11.6 Å². The molecule has 0 aliphatic carbocycles. The summed E-state index contributed by atoms with van der Waals surface area (Å²) in [5.41, 5.74) is 0.547. The lowest BCUT2D eigenvalue weighted by atomic mass is 10.2. The van der Waals surface area contributed by atoms with Gasteiger partial charge in [0, 0.05) is 18.9 Å². The Bertz CT molecular complexity index is 928. The first kappa shape index (κ1) is 18.4. The highest BCUT2D eigenvalue weighted by Crippen LogP contribution is 2.19. The van der Waals surface area contributed by atoms with Crippen LogP contribution in [0.4, 0.5) is 4.39 Å². The van der Waals surface area contributed by atoms with Gasteiger partial charge in [0.25, 0.3) is 5.56 Å². The first-order valence-electron chi connectivity index (χ1n) is 8.30. The average molecular weight is 374 g/mol. The van der Waals surface area contributed by atoms with Crippen LogP contribution in [0.15, 0.2) is 58.5 Å². The molecule has 3 aromatic rings. The molecule has 0 bridgehead atoms. The van der Waals surface area contributed by atoms with E-state index in [1.807, 2.05) is 18.2 Å². The van der Waals surface area contributed by atoms with Crippen LogP contribution in [0.2, 0.25) is 0 Å². The maximum atomic E-state index is 12.9. The normalized spacial score (nSPS) is 11.0. The molecule has 1 N–H and O–H groups in total. The van der Waals surface area contributed by atoms with Crippen LogP contribution in [0.3, 0.4) is 0 Å². The van der Waals surface area contributed by atoms with Crippen molar-refractivity contribution >= 4 is 22.7 Å². The molecule has 0 saturated heterocycles. The summed E-state index contributed by atoms with van der Waals surface area (Å²) in [5, 5.41) is 10.3. The van der Waals surface area contributed by atoms with Gasteiger partial charge in [-0.05, 0) is 42.8 Å². The lowest BCUT2D eigenvalue weighted by Gasteiger charge is -2.13. The Kier molecular flexibility index (Phi) is 6.25. The molecule has 0 saturated carbocycles. The van der Waals surface area contributed by atoms with Crippen LogP contribution in [-0.4, -0.2) is 33.6 Å². The molecule has 2 aromatic carbocycles. The highest BCUT2D eigenvalue weighted by atomic mass is 32.2. The van der Waals surface area contributed by atoms with E-state index in [2.05, 4.69) is 4.98 Å². The van der Waals surface area contributed by atoms with Crippen molar-refractivity contribution in [1.82, 2.24) is 9.55 Å². The number of nitrogens with zero attached hydrogens (tertiary/aromatic N) is 2. The van der Waals surface area contributed by atoms with Crippen LogP contribution in [0.25, 0.3) is 10.9 Å². The lowest BCUT2D eigenvalue weighted by Crippen LogP contribution is -2.24. The summed E-state index contributed by atoms with van der Waals surface area (Å²) >= 11 is 1.42. The van der Waals surface area contributed by atoms with Crippen molar-refractivity contribution in [3.05, 3.63) is 64.7 Å². The predicted octanol–water partition coefficient (Wildman–Crippen LogP) is 3.09. The molecule has 136 valence electrons. The van der Waals surface area contributed by atoms with E-state index in [0.29, 0.717) is 47.1 Å². The van der Waals surface area contributed by atoms with E-state index in [1.165, 1.54) is 23.9 Å². The molecule has 7 heteroatoms. The molecule has 1 heterocycles. The van der Waals surface area contributed by atoms with Crippen LogP contribution >= 0.6 is 11.8 Å². The van der Waals surface area contributed by atoms with E-state index in [9.17, 15) is 9.18 Å². The summed E-state index contributed by atoms with van der Waals surface area (Å²) < 4.78 is 20.1. The summed E-state index contributed by atoms with van der Waals surface area (Å²) in [4.78, 5) is 17.3. The van der Waals surface area contributed by atoms with Gasteiger partial charge in [0.15, 0.2) is 5.16 Å². The molecule has 0 atom stereocenters. The summed E-state index contributed by atoms with van der Waals surface area (Å²) in [6, 6.07) is 13.1. The molecule has 0 unspecified atom stereocenters. The van der Waals surface area contributed by atoms with Gasteiger partial charge in [-0.2, -0.15) is 0 Å². The van der Waals surface area contributed by atoms with Gasteiger partial charge in [-0.3, -0.25) is 9.36 Å². The van der Waals surface area contributed by atoms with Crippen LogP contribution in [0, 0.1) is 5.82 Å². The molecular weight excluding hydrogens is 355 g/mol. The number of benzene rings is 2. The average Bonchev–Trinajstić information content (AvgIpc) is 2.66. The molecule has 0 aliphatic heterocycles. The van der Waals surface area contributed by atoms with Crippen molar-refractivity contribution in [2.45, 2.75) is 18.1 Å². The monoisotopic (exact) mass is 374 g/mol. The van der Waals surface area contributed by atoms with Crippen LogP contribution < -0.4 is 10.3 Å². The van der Waals surface area contributed by atoms with Crippen LogP contribution in [0.5, 0.6) is 5.75 Å². The van der Waals surface area contributed by atoms with Crippen molar-refractivity contribution in [2.24, 2.45) is 0 Å². The van der Waals surface area contributed by atoms with Crippen LogP contribution in [-0.2, 0) is 6.54 Å². The van der Waals surface area contributed by atoms with E-state index in [0.717, 1.165) is 0 Å². The SMILES string of the molecule is O=c1c2ccccc2nc(SCCOc2ccc(F)cc2)n1CCCO. The predicted molar refractivity (Wildman–Crippen MR) is 100 cm³/mol. The Morgan fingerprint density at radius 3 is 2.69 bits per heavy atom. The molecule has 0 fully saturated rings. The van der Waals surface area contributed by atoms with Crippen molar-refractivity contribution in [2.75, 3.05) is 19.0 Å². The van der Waals surface area contributed by atoms with Gasteiger partial charge in [-0.15, -0.1) is 0 Å². The van der Waals surface area contributed by atoms with Crippen molar-refractivity contribution in [3.8, 4) is 5.75 Å². The second-order valence-corrected chi connectivity index (χ2v) is 6.66. The highest BCUT2D eigenvalue weighted by molar-refractivity contribution is 7.99. The molecule has 1 aromatic heterocycles. The third kappa shape index (κ3) is 4.42. The van der Waals surface area contributed by atoms with Gasteiger partial charge in [-0.1, -0.05) is 23.9 Å². The first-order valence-corrected chi connectivity index (χ1v) is 9.29. The molecular formula is C19H19FN2O3S. The number of hydrogen-bond donors (Lipinski definition) is 1. The van der Waals surface area contributed by atoms with Crippen LogP contribution in [0.1, 0.15) is 6.42 Å². The zero-order valence-corrected chi connectivity index (χ0v) is 14.9. The minimum absolute atomic E-state index is 0.0110. The number of halogens is 1. The standard InChI is InChI=1S/C19H19FN2O3S/c20-14-6-8-15(9-7-14)25-12-13-26-19-21-17-5-2-1-4-16(17)18(24)22(19)10-3-11-23/h1-2,4-9,23H,3,10-13H2. The van der Waals surface area contributed by atoms with Crippen molar-refractivity contribution in [3.63, 3.8) is 0 Å². The Balaban J connectivity index is 1.73. The zero-order valence-electron chi connectivity index (χ0n) is 14.1. The number of thioether (sulfide) groups is 1. The van der Waals surface area contributed by atoms with Crippen molar-refractivity contribution in [1.29, 1.82) is 0 Å². The number of ether oxygens (including phenoxy) is 1. The van der Waals surface area contributed by atoms with Gasteiger partial charge >= 0.3 is 0 Å². The Hall–Kier alpha value is -2.38. The quantitative estimate of drug-likeness (QED) is 0.373. The molecule has 5 nitrogen and oxygen atoms in total. The molecule has 0 radical (unpaired) electrons. The number of hydrogen-bond acceptors (Lipinski definition) is 5. The largest absolute Gasteiger partial charge is 0.493 e. The van der Waals surface area contributed by atoms with E-state index < -0.39 is 0 Å². The summed E-state index contributed by atoms with van der Waals surface area (Å²) in [6.45, 7) is 0.824. The van der Waals surface area contributed by atoms with E-state index in [-0.39, 0.29) is 18.0 Å². The van der Waals surface area contributed by atoms with E-state index >= 15 is 0 Å². The fourth-order valence-electron chi connectivity index (χ4n) is 2.51. The molecule has 0 aliphatic rings. The zero-order chi connectivity index (χ0) is 18.4.